The molecule has 1 saturated carbocycles. The zero-order valence-electron chi connectivity index (χ0n) is 9.25. The van der Waals surface area contributed by atoms with Crippen LogP contribution in [0.4, 0.5) is 0 Å². The summed E-state index contributed by atoms with van der Waals surface area (Å²) in [4.78, 5) is 22.5. The van der Waals surface area contributed by atoms with Gasteiger partial charge in [0, 0.05) is 0 Å². The van der Waals surface area contributed by atoms with E-state index in [1.165, 1.54) is 14.2 Å². The van der Waals surface area contributed by atoms with Gasteiger partial charge in [-0.05, 0) is 12.8 Å². The first kappa shape index (κ1) is 12.9. The summed E-state index contributed by atoms with van der Waals surface area (Å²) in [6, 6.07) is 0. The monoisotopic (exact) mass is 232 g/mol. The highest BCUT2D eigenvalue weighted by molar-refractivity contribution is 5.76. The number of carbonyl (C=O) groups is 2. The molecule has 16 heavy (non-hydrogen) atoms. The highest BCUT2D eigenvalue weighted by atomic mass is 16.5. The molecule has 0 amide bonds. The van der Waals surface area contributed by atoms with E-state index >= 15 is 0 Å². The molecule has 6 heteroatoms. The predicted octanol–water partition coefficient (Wildman–Crippen LogP) is -0.920. The van der Waals surface area contributed by atoms with Crippen LogP contribution in [0.5, 0.6) is 0 Å². The van der Waals surface area contributed by atoms with Gasteiger partial charge >= 0.3 is 11.9 Å². The van der Waals surface area contributed by atoms with Crippen LogP contribution < -0.4 is 0 Å². The second-order valence-electron chi connectivity index (χ2n) is 3.87. The van der Waals surface area contributed by atoms with E-state index in [0.717, 1.165) is 0 Å². The molecule has 0 heterocycles. The van der Waals surface area contributed by atoms with Crippen molar-refractivity contribution in [2.24, 2.45) is 11.8 Å². The zero-order valence-corrected chi connectivity index (χ0v) is 9.25. The highest BCUT2D eigenvalue weighted by Crippen LogP contribution is 2.31. The average Bonchev–Trinajstić information content (AvgIpc) is 2.29. The van der Waals surface area contributed by atoms with Gasteiger partial charge in [-0.3, -0.25) is 9.59 Å². The van der Waals surface area contributed by atoms with Crippen molar-refractivity contribution >= 4 is 11.9 Å². The summed E-state index contributed by atoms with van der Waals surface area (Å²) in [5.74, 6) is -2.70. The maximum absolute atomic E-state index is 11.3. The van der Waals surface area contributed by atoms with Crippen molar-refractivity contribution in [1.82, 2.24) is 0 Å². The number of rotatable bonds is 2. The topological polar surface area (TPSA) is 93.1 Å². The fourth-order valence-corrected chi connectivity index (χ4v) is 1.97. The number of ether oxygens (including phenoxy) is 2. The van der Waals surface area contributed by atoms with E-state index in [9.17, 15) is 19.8 Å². The van der Waals surface area contributed by atoms with Crippen LogP contribution in [-0.2, 0) is 19.1 Å². The third-order valence-electron chi connectivity index (χ3n) is 2.93. The van der Waals surface area contributed by atoms with Crippen molar-refractivity contribution in [2.45, 2.75) is 25.0 Å². The molecule has 6 nitrogen and oxygen atoms in total. The number of aliphatic hydroxyl groups is 2. The van der Waals surface area contributed by atoms with E-state index in [1.54, 1.807) is 0 Å². The first-order valence-corrected chi connectivity index (χ1v) is 5.03. The Labute approximate surface area is 93.2 Å². The minimum absolute atomic E-state index is 0.00755. The summed E-state index contributed by atoms with van der Waals surface area (Å²) in [7, 11) is 2.43. The second-order valence-corrected chi connectivity index (χ2v) is 3.87. The van der Waals surface area contributed by atoms with Gasteiger partial charge in [0.1, 0.15) is 0 Å². The van der Waals surface area contributed by atoms with Crippen molar-refractivity contribution < 1.29 is 29.3 Å². The Morgan fingerprint density at radius 2 is 1.25 bits per heavy atom. The Kier molecular flexibility index (Phi) is 4.26. The van der Waals surface area contributed by atoms with Gasteiger partial charge < -0.3 is 19.7 Å². The normalized spacial score (nSPS) is 34.2. The molecule has 0 spiro atoms. The summed E-state index contributed by atoms with van der Waals surface area (Å²) < 4.78 is 9.01. The Morgan fingerprint density at radius 1 is 0.938 bits per heavy atom. The van der Waals surface area contributed by atoms with Crippen molar-refractivity contribution in [2.75, 3.05) is 14.2 Å². The van der Waals surface area contributed by atoms with Gasteiger partial charge in [0.25, 0.3) is 0 Å². The van der Waals surface area contributed by atoms with E-state index < -0.39 is 36.0 Å². The minimum Gasteiger partial charge on any atom is -0.469 e. The first-order valence-electron chi connectivity index (χ1n) is 5.03. The van der Waals surface area contributed by atoms with E-state index in [4.69, 9.17) is 0 Å². The molecule has 4 atom stereocenters. The molecule has 0 saturated heterocycles. The summed E-state index contributed by atoms with van der Waals surface area (Å²) in [5, 5.41) is 19.4. The Bertz CT molecular complexity index is 248. The number of hydrogen-bond acceptors (Lipinski definition) is 6. The maximum atomic E-state index is 11.3. The molecule has 0 radical (unpaired) electrons. The fourth-order valence-electron chi connectivity index (χ4n) is 1.97. The summed E-state index contributed by atoms with van der Waals surface area (Å²) >= 11 is 0. The Hall–Kier alpha value is -1.14. The van der Waals surface area contributed by atoms with Crippen LogP contribution in [-0.4, -0.2) is 48.6 Å². The van der Waals surface area contributed by atoms with Crippen molar-refractivity contribution in [3.63, 3.8) is 0 Å². The molecule has 0 aromatic heterocycles. The van der Waals surface area contributed by atoms with Crippen molar-refractivity contribution in [3.8, 4) is 0 Å². The number of carbonyl (C=O) groups excluding carboxylic acids is 2. The summed E-state index contributed by atoms with van der Waals surface area (Å²) in [5.41, 5.74) is 0. The summed E-state index contributed by atoms with van der Waals surface area (Å²) in [6.45, 7) is 0. The Morgan fingerprint density at radius 3 is 1.50 bits per heavy atom. The minimum atomic E-state index is -0.986. The molecule has 1 rings (SSSR count). The van der Waals surface area contributed by atoms with Crippen LogP contribution in [0.25, 0.3) is 0 Å². The largest absolute Gasteiger partial charge is 0.469 e. The molecule has 0 aromatic carbocycles. The fraction of sp³-hybridized carbons (Fsp3) is 0.800. The lowest BCUT2D eigenvalue weighted by atomic mass is 9.78. The maximum Gasteiger partial charge on any atom is 0.311 e. The van der Waals surface area contributed by atoms with E-state index in [0.29, 0.717) is 0 Å². The van der Waals surface area contributed by atoms with Crippen LogP contribution in [0.15, 0.2) is 0 Å². The molecule has 1 aliphatic carbocycles. The number of aliphatic hydroxyl groups excluding tert-OH is 2. The highest BCUT2D eigenvalue weighted by Gasteiger charge is 2.43. The molecular weight excluding hydrogens is 216 g/mol. The van der Waals surface area contributed by atoms with Crippen LogP contribution in [0.2, 0.25) is 0 Å². The van der Waals surface area contributed by atoms with Gasteiger partial charge in [-0.25, -0.2) is 0 Å². The van der Waals surface area contributed by atoms with Gasteiger partial charge in [-0.1, -0.05) is 0 Å². The van der Waals surface area contributed by atoms with Gasteiger partial charge in [0.2, 0.25) is 0 Å². The summed E-state index contributed by atoms with van der Waals surface area (Å²) in [6.07, 6.45) is -1.96. The lowest BCUT2D eigenvalue weighted by molar-refractivity contribution is -0.165. The zero-order chi connectivity index (χ0) is 12.3. The first-order chi connectivity index (χ1) is 7.51. The molecular formula is C10H16O6. The van der Waals surface area contributed by atoms with Gasteiger partial charge in [-0.15, -0.1) is 0 Å². The molecule has 92 valence electrons. The second kappa shape index (κ2) is 5.27. The molecule has 1 fully saturated rings. The van der Waals surface area contributed by atoms with Gasteiger partial charge in [0.05, 0.1) is 38.3 Å². The standard InChI is InChI=1S/C10H16O6/c1-15-9(13)5-3-8(12)6(4-7(5)11)10(14)16-2/h5-8,11-12H,3-4H2,1-2H3. The molecule has 1 aliphatic rings. The van der Waals surface area contributed by atoms with Crippen LogP contribution in [0.3, 0.4) is 0 Å². The number of hydrogen-bond donors (Lipinski definition) is 2. The predicted molar refractivity (Wildman–Crippen MR) is 52.3 cm³/mol. The molecule has 0 bridgehead atoms. The molecule has 0 aliphatic heterocycles. The Balaban J connectivity index is 2.70. The van der Waals surface area contributed by atoms with Crippen LogP contribution in [0.1, 0.15) is 12.8 Å². The number of esters is 2. The molecule has 0 aromatic rings. The molecule has 4 unspecified atom stereocenters. The van der Waals surface area contributed by atoms with E-state index in [-0.39, 0.29) is 12.8 Å². The van der Waals surface area contributed by atoms with Gasteiger partial charge in [-0.2, -0.15) is 0 Å². The third-order valence-corrected chi connectivity index (χ3v) is 2.93. The average molecular weight is 232 g/mol. The quantitative estimate of drug-likeness (QED) is 0.598. The lowest BCUT2D eigenvalue weighted by Gasteiger charge is -2.33. The van der Waals surface area contributed by atoms with E-state index in [2.05, 4.69) is 9.47 Å². The van der Waals surface area contributed by atoms with Crippen molar-refractivity contribution in [1.29, 1.82) is 0 Å². The molecule has 2 N–H and O–H groups in total. The third kappa shape index (κ3) is 2.51. The van der Waals surface area contributed by atoms with Crippen LogP contribution >= 0.6 is 0 Å². The van der Waals surface area contributed by atoms with Crippen LogP contribution in [0, 0.1) is 11.8 Å². The smallest absolute Gasteiger partial charge is 0.311 e. The van der Waals surface area contributed by atoms with Crippen molar-refractivity contribution in [3.05, 3.63) is 0 Å². The lowest BCUT2D eigenvalue weighted by Crippen LogP contribution is -2.45. The number of methoxy groups -OCH3 is 2. The SMILES string of the molecule is COC(=O)C1CC(O)C(C(=O)OC)CC1O. The van der Waals surface area contributed by atoms with E-state index in [1.807, 2.05) is 0 Å². The van der Waals surface area contributed by atoms with Gasteiger partial charge in [0.15, 0.2) is 0 Å².